The van der Waals surface area contributed by atoms with Gasteiger partial charge in [0.15, 0.2) is 0 Å². The Bertz CT molecular complexity index is 481. The Hall–Kier alpha value is -0.815. The van der Waals surface area contributed by atoms with Crippen molar-refractivity contribution in [1.29, 1.82) is 0 Å². The summed E-state index contributed by atoms with van der Waals surface area (Å²) in [5, 5.41) is 12.5. The van der Waals surface area contributed by atoms with Crippen LogP contribution in [0.1, 0.15) is 27.7 Å². The van der Waals surface area contributed by atoms with Crippen LogP contribution in [0.15, 0.2) is 12.3 Å². The minimum Gasteiger partial charge on any atom is -0.399 e. The molecule has 0 amide bonds. The van der Waals surface area contributed by atoms with Crippen LogP contribution in [0.5, 0.6) is 0 Å². The van der Waals surface area contributed by atoms with E-state index in [2.05, 4.69) is 10.3 Å². The zero-order valence-electron chi connectivity index (χ0n) is 12.2. The van der Waals surface area contributed by atoms with Crippen LogP contribution in [0.2, 0.25) is 5.02 Å². The second kappa shape index (κ2) is 5.52. The van der Waals surface area contributed by atoms with E-state index < -0.39 is 18.3 Å². The predicted octanol–water partition coefficient (Wildman–Crippen LogP) is 1.44. The van der Waals surface area contributed by atoms with Gasteiger partial charge in [-0.1, -0.05) is 11.6 Å². The van der Waals surface area contributed by atoms with Crippen LogP contribution in [-0.4, -0.2) is 41.6 Å². The average molecular weight is 299 g/mol. The van der Waals surface area contributed by atoms with Gasteiger partial charge in [0, 0.05) is 18.2 Å². The van der Waals surface area contributed by atoms with Crippen molar-refractivity contribution in [3.05, 3.63) is 17.3 Å². The molecule has 2 N–H and O–H groups in total. The van der Waals surface area contributed by atoms with Gasteiger partial charge in [-0.25, -0.2) is 4.98 Å². The van der Waals surface area contributed by atoms with Gasteiger partial charge in [0.1, 0.15) is 5.82 Å². The Morgan fingerprint density at radius 1 is 1.30 bits per heavy atom. The van der Waals surface area contributed by atoms with Crippen LogP contribution < -0.4 is 10.8 Å². The molecule has 0 spiro atoms. The van der Waals surface area contributed by atoms with Gasteiger partial charge >= 0.3 is 7.12 Å². The third kappa shape index (κ3) is 2.93. The molecule has 110 valence electrons. The Morgan fingerprint density at radius 2 is 1.90 bits per heavy atom. The van der Waals surface area contributed by atoms with Crippen molar-refractivity contribution in [3.8, 4) is 0 Å². The fourth-order valence-electron chi connectivity index (χ4n) is 1.93. The summed E-state index contributed by atoms with van der Waals surface area (Å²) in [6, 6.07) is 1.77. The zero-order chi connectivity index (χ0) is 15.0. The molecule has 0 aliphatic carbocycles. The number of pyridine rings is 1. The van der Waals surface area contributed by atoms with Crippen LogP contribution in [0.3, 0.4) is 0 Å². The molecule has 5 nitrogen and oxygen atoms in total. The summed E-state index contributed by atoms with van der Waals surface area (Å²) in [7, 11) is -0.535. The number of aromatic nitrogens is 1. The summed E-state index contributed by atoms with van der Waals surface area (Å²) in [4.78, 5) is 4.24. The minimum absolute atomic E-state index is 0.0209. The molecule has 0 saturated carbocycles. The van der Waals surface area contributed by atoms with E-state index in [1.54, 1.807) is 12.3 Å². The topological polar surface area (TPSA) is 63.6 Å². The number of halogens is 1. The van der Waals surface area contributed by atoms with Crippen LogP contribution in [0, 0.1) is 0 Å². The quantitative estimate of drug-likeness (QED) is 0.824. The molecule has 1 aliphatic rings. The van der Waals surface area contributed by atoms with Crippen LogP contribution >= 0.6 is 11.6 Å². The molecule has 20 heavy (non-hydrogen) atoms. The summed E-state index contributed by atoms with van der Waals surface area (Å²) in [6.45, 7) is 8.39. The van der Waals surface area contributed by atoms with E-state index in [4.69, 9.17) is 26.0 Å². The Kier molecular flexibility index (Phi) is 4.30. The van der Waals surface area contributed by atoms with E-state index in [1.807, 2.05) is 27.7 Å². The van der Waals surface area contributed by atoms with E-state index in [-0.39, 0.29) is 6.61 Å². The van der Waals surface area contributed by atoms with Crippen LogP contribution in [0.25, 0.3) is 0 Å². The van der Waals surface area contributed by atoms with E-state index in [0.29, 0.717) is 17.4 Å². The van der Waals surface area contributed by atoms with E-state index in [1.165, 1.54) is 0 Å². The number of nitrogens with one attached hydrogen (secondary N) is 1. The van der Waals surface area contributed by atoms with Crippen LogP contribution in [-0.2, 0) is 9.31 Å². The first-order valence-corrected chi connectivity index (χ1v) is 7.00. The summed E-state index contributed by atoms with van der Waals surface area (Å²) < 4.78 is 12.0. The van der Waals surface area contributed by atoms with E-state index in [0.717, 1.165) is 5.46 Å². The Labute approximate surface area is 124 Å². The molecule has 1 aromatic heterocycles. The van der Waals surface area contributed by atoms with Gasteiger partial charge in [-0.2, -0.15) is 0 Å². The first-order chi connectivity index (χ1) is 9.27. The molecule has 1 aromatic rings. The lowest BCUT2D eigenvalue weighted by Crippen LogP contribution is -2.41. The number of hydrogen-bond donors (Lipinski definition) is 2. The second-order valence-electron chi connectivity index (χ2n) is 5.83. The van der Waals surface area contributed by atoms with Gasteiger partial charge in [-0.15, -0.1) is 0 Å². The molecule has 1 fully saturated rings. The van der Waals surface area contributed by atoms with Crippen molar-refractivity contribution in [2.75, 3.05) is 18.5 Å². The summed E-state index contributed by atoms with van der Waals surface area (Å²) in [5.41, 5.74) is -0.104. The molecule has 0 aromatic carbocycles. The first kappa shape index (κ1) is 15.6. The molecule has 1 aliphatic heterocycles. The third-order valence-electron chi connectivity index (χ3n) is 3.80. The highest BCUT2D eigenvalue weighted by atomic mass is 35.5. The lowest BCUT2D eigenvalue weighted by atomic mass is 9.79. The molecule has 2 rings (SSSR count). The maximum atomic E-state index is 8.93. The van der Waals surface area contributed by atoms with Crippen molar-refractivity contribution in [2.24, 2.45) is 0 Å². The summed E-state index contributed by atoms with van der Waals surface area (Å²) in [5.74, 6) is 0.613. The fourth-order valence-corrected chi connectivity index (χ4v) is 2.09. The Balaban J connectivity index is 2.31. The van der Waals surface area contributed by atoms with Gasteiger partial charge in [0.25, 0.3) is 0 Å². The maximum Gasteiger partial charge on any atom is 0.498 e. The number of aliphatic hydroxyl groups is 1. The molecule has 1 saturated heterocycles. The SMILES string of the molecule is CC1(C)OB(c2cc(Cl)cnc2NCCO)OC1(C)C. The van der Waals surface area contributed by atoms with Gasteiger partial charge in [-0.05, 0) is 33.8 Å². The first-order valence-electron chi connectivity index (χ1n) is 6.62. The molecule has 2 heterocycles. The fraction of sp³-hybridized carbons (Fsp3) is 0.615. The van der Waals surface area contributed by atoms with Crippen molar-refractivity contribution >= 4 is 30.0 Å². The molecule has 0 radical (unpaired) electrons. The number of anilines is 1. The third-order valence-corrected chi connectivity index (χ3v) is 4.00. The molecular weight excluding hydrogens is 278 g/mol. The highest BCUT2D eigenvalue weighted by Crippen LogP contribution is 2.37. The van der Waals surface area contributed by atoms with Gasteiger partial charge < -0.3 is 19.7 Å². The van der Waals surface area contributed by atoms with Crippen LogP contribution in [0.4, 0.5) is 5.82 Å². The standard InChI is InChI=1S/C13H20BClN2O3/c1-12(2)13(3,4)20-14(19-12)10-7-9(15)8-17-11(10)16-5-6-18/h7-8,18H,5-6H2,1-4H3,(H,16,17). The number of rotatable bonds is 4. The van der Waals surface area contributed by atoms with E-state index in [9.17, 15) is 0 Å². The monoisotopic (exact) mass is 298 g/mol. The number of hydrogen-bond acceptors (Lipinski definition) is 5. The maximum absolute atomic E-state index is 8.93. The van der Waals surface area contributed by atoms with Gasteiger partial charge in [0.05, 0.1) is 22.8 Å². The number of nitrogens with zero attached hydrogens (tertiary/aromatic N) is 1. The van der Waals surface area contributed by atoms with Crippen molar-refractivity contribution in [3.63, 3.8) is 0 Å². The zero-order valence-corrected chi connectivity index (χ0v) is 13.0. The summed E-state index contributed by atoms with van der Waals surface area (Å²) in [6.07, 6.45) is 1.55. The molecule has 7 heteroatoms. The lowest BCUT2D eigenvalue weighted by Gasteiger charge is -2.32. The number of aliphatic hydroxyl groups excluding tert-OH is 1. The minimum atomic E-state index is -0.535. The van der Waals surface area contributed by atoms with Crippen molar-refractivity contribution in [2.45, 2.75) is 38.9 Å². The smallest absolute Gasteiger partial charge is 0.399 e. The van der Waals surface area contributed by atoms with Crippen molar-refractivity contribution < 1.29 is 14.4 Å². The largest absolute Gasteiger partial charge is 0.498 e. The van der Waals surface area contributed by atoms with Crippen molar-refractivity contribution in [1.82, 2.24) is 4.98 Å². The second-order valence-corrected chi connectivity index (χ2v) is 6.27. The van der Waals surface area contributed by atoms with E-state index >= 15 is 0 Å². The van der Waals surface area contributed by atoms with Gasteiger partial charge in [0.2, 0.25) is 0 Å². The lowest BCUT2D eigenvalue weighted by molar-refractivity contribution is 0.00578. The molecule has 0 unspecified atom stereocenters. The Morgan fingerprint density at radius 3 is 2.45 bits per heavy atom. The predicted molar refractivity (Wildman–Crippen MR) is 80.5 cm³/mol. The average Bonchev–Trinajstić information content (AvgIpc) is 2.57. The highest BCUT2D eigenvalue weighted by molar-refractivity contribution is 6.64. The molecular formula is C13H20BClN2O3. The molecule has 0 atom stereocenters. The van der Waals surface area contributed by atoms with Gasteiger partial charge in [-0.3, -0.25) is 0 Å². The normalized spacial score (nSPS) is 20.2. The summed E-state index contributed by atoms with van der Waals surface area (Å²) >= 11 is 6.02. The molecule has 0 bridgehead atoms. The highest BCUT2D eigenvalue weighted by Gasteiger charge is 2.52.